The highest BCUT2D eigenvalue weighted by atomic mass is 16.1. The molecule has 2 aliphatic rings. The van der Waals surface area contributed by atoms with E-state index in [2.05, 4.69) is 62.4 Å². The summed E-state index contributed by atoms with van der Waals surface area (Å²) in [5, 5.41) is 15.5. The Labute approximate surface area is 257 Å². The SMILES string of the molecule is CC1(C)[C@@H](Nc2c(C(N)=O)cnn3cccc23)CC[C@@]1(C)N.CC1(C)[C@H](Nc2c(C(N)=O)cnn3cccc23)CC[C@@]1(C)N. The first-order valence-corrected chi connectivity index (χ1v) is 15.1. The number of hydrogen-bond acceptors (Lipinski definition) is 8. The number of anilines is 2. The largest absolute Gasteiger partial charge is 0.379 e. The monoisotopic (exact) mass is 602 g/mol. The van der Waals surface area contributed by atoms with E-state index in [4.69, 9.17) is 22.9 Å². The highest BCUT2D eigenvalue weighted by molar-refractivity contribution is 6.02. The number of amides is 2. The number of aromatic nitrogens is 4. The summed E-state index contributed by atoms with van der Waals surface area (Å²) in [4.78, 5) is 23.5. The quantitative estimate of drug-likeness (QED) is 0.193. The summed E-state index contributed by atoms with van der Waals surface area (Å²) in [6.07, 6.45) is 10.5. The van der Waals surface area contributed by atoms with Crippen molar-refractivity contribution in [3.05, 3.63) is 60.2 Å². The van der Waals surface area contributed by atoms with Crippen molar-refractivity contribution in [2.45, 2.75) is 90.4 Å². The van der Waals surface area contributed by atoms with Crippen molar-refractivity contribution in [2.24, 2.45) is 33.8 Å². The molecule has 0 bridgehead atoms. The molecule has 12 heteroatoms. The first kappa shape index (κ1) is 31.3. The van der Waals surface area contributed by atoms with E-state index in [0.717, 1.165) is 48.1 Å². The Balaban J connectivity index is 0.000000175. The van der Waals surface area contributed by atoms with Crippen LogP contribution in [0.2, 0.25) is 0 Å². The molecule has 0 unspecified atom stereocenters. The van der Waals surface area contributed by atoms with Gasteiger partial charge in [0.05, 0.1) is 45.9 Å². The predicted octanol–water partition coefficient (Wildman–Crippen LogP) is 3.50. The highest BCUT2D eigenvalue weighted by Gasteiger charge is 2.50. The Hall–Kier alpha value is -4.16. The number of rotatable bonds is 6. The average Bonchev–Trinajstić information content (AvgIpc) is 3.69. The number of fused-ring (bicyclic) bond motifs is 2. The molecule has 4 heterocycles. The van der Waals surface area contributed by atoms with Crippen molar-refractivity contribution in [3.63, 3.8) is 0 Å². The molecule has 2 amide bonds. The zero-order chi connectivity index (χ0) is 32.2. The van der Waals surface area contributed by atoms with Gasteiger partial charge in [0.2, 0.25) is 0 Å². The van der Waals surface area contributed by atoms with Crippen LogP contribution in [0, 0.1) is 10.8 Å². The lowest BCUT2D eigenvalue weighted by Crippen LogP contribution is -2.51. The Kier molecular flexibility index (Phi) is 7.66. The van der Waals surface area contributed by atoms with Crippen LogP contribution in [0.3, 0.4) is 0 Å². The standard InChI is InChI=1S/2C16H23N5O/c2*1-15(2)12(6-7-16(15,3)18)20-13-10(14(17)22)9-19-21-8-4-5-11(13)21/h2*4-5,8-9,12,20H,6-7,18H2,1-3H3,(H2,17,22)/t12-,16+;12-,16-/m01/s1. The first-order valence-electron chi connectivity index (χ1n) is 15.1. The normalized spacial score (nSPS) is 27.2. The molecule has 4 atom stereocenters. The van der Waals surface area contributed by atoms with E-state index < -0.39 is 11.8 Å². The summed E-state index contributed by atoms with van der Waals surface area (Å²) in [5.74, 6) is -0.963. The van der Waals surface area contributed by atoms with Gasteiger partial charge in [-0.15, -0.1) is 0 Å². The highest BCUT2D eigenvalue weighted by Crippen LogP contribution is 2.47. The van der Waals surface area contributed by atoms with E-state index in [1.54, 1.807) is 9.03 Å². The van der Waals surface area contributed by atoms with E-state index in [-0.39, 0.29) is 34.0 Å². The second-order valence-electron chi connectivity index (χ2n) is 14.0. The summed E-state index contributed by atoms with van der Waals surface area (Å²) in [7, 11) is 0. The minimum Gasteiger partial charge on any atom is -0.379 e. The Morgan fingerprint density at radius 1 is 0.727 bits per heavy atom. The van der Waals surface area contributed by atoms with Crippen molar-refractivity contribution in [3.8, 4) is 0 Å². The van der Waals surface area contributed by atoms with E-state index >= 15 is 0 Å². The number of nitrogens with two attached hydrogens (primary N) is 4. The topological polar surface area (TPSA) is 197 Å². The molecular formula is C32H46N10O2. The maximum absolute atomic E-state index is 11.8. The van der Waals surface area contributed by atoms with E-state index in [1.165, 1.54) is 12.4 Å². The molecule has 4 aromatic heterocycles. The van der Waals surface area contributed by atoms with Gasteiger partial charge in [-0.25, -0.2) is 9.03 Å². The van der Waals surface area contributed by atoms with Crippen molar-refractivity contribution < 1.29 is 9.59 Å². The molecule has 12 nitrogen and oxygen atoms in total. The number of nitrogens with zero attached hydrogens (tertiary/aromatic N) is 4. The van der Waals surface area contributed by atoms with Gasteiger partial charge in [-0.05, 0) is 63.8 Å². The van der Waals surface area contributed by atoms with Crippen LogP contribution in [0.25, 0.3) is 11.0 Å². The fraction of sp³-hybridized carbons (Fsp3) is 0.500. The number of hydrogen-bond donors (Lipinski definition) is 6. The molecule has 2 fully saturated rings. The number of primary amides is 2. The lowest BCUT2D eigenvalue weighted by Gasteiger charge is -2.39. The Morgan fingerprint density at radius 2 is 1.09 bits per heavy atom. The van der Waals surface area contributed by atoms with E-state index in [0.29, 0.717) is 11.1 Å². The van der Waals surface area contributed by atoms with Gasteiger partial charge in [-0.2, -0.15) is 10.2 Å². The number of nitrogens with one attached hydrogen (secondary N) is 2. The van der Waals surface area contributed by atoms with Crippen LogP contribution in [0.5, 0.6) is 0 Å². The predicted molar refractivity (Wildman–Crippen MR) is 173 cm³/mol. The van der Waals surface area contributed by atoms with Crippen molar-refractivity contribution >= 4 is 34.2 Å². The van der Waals surface area contributed by atoms with Gasteiger partial charge in [-0.3, -0.25) is 9.59 Å². The third-order valence-corrected chi connectivity index (χ3v) is 10.9. The van der Waals surface area contributed by atoms with E-state index in [9.17, 15) is 9.59 Å². The summed E-state index contributed by atoms with van der Waals surface area (Å²) >= 11 is 0. The van der Waals surface area contributed by atoms with Gasteiger partial charge in [0, 0.05) is 46.4 Å². The first-order chi connectivity index (χ1) is 20.5. The van der Waals surface area contributed by atoms with Crippen LogP contribution in [-0.4, -0.2) is 54.2 Å². The molecule has 236 valence electrons. The third kappa shape index (κ3) is 5.15. The van der Waals surface area contributed by atoms with E-state index in [1.807, 2.05) is 36.7 Å². The van der Waals surface area contributed by atoms with Crippen LogP contribution < -0.4 is 33.6 Å². The maximum Gasteiger partial charge on any atom is 0.252 e. The van der Waals surface area contributed by atoms with Gasteiger partial charge in [-0.1, -0.05) is 27.7 Å². The molecule has 44 heavy (non-hydrogen) atoms. The van der Waals surface area contributed by atoms with Gasteiger partial charge < -0.3 is 33.6 Å². The molecular weight excluding hydrogens is 556 g/mol. The molecule has 0 aromatic carbocycles. The van der Waals surface area contributed by atoms with Crippen LogP contribution in [0.4, 0.5) is 11.4 Å². The van der Waals surface area contributed by atoms with Crippen LogP contribution >= 0.6 is 0 Å². The molecule has 10 N–H and O–H groups in total. The minimum absolute atomic E-state index is 0.102. The second kappa shape index (κ2) is 10.8. The Morgan fingerprint density at radius 3 is 1.39 bits per heavy atom. The van der Waals surface area contributed by atoms with Crippen LogP contribution in [0.15, 0.2) is 49.1 Å². The number of carbonyl (C=O) groups is 2. The smallest absolute Gasteiger partial charge is 0.252 e. The van der Waals surface area contributed by atoms with Gasteiger partial charge in [0.15, 0.2) is 0 Å². The van der Waals surface area contributed by atoms with Gasteiger partial charge >= 0.3 is 0 Å². The number of carbonyl (C=O) groups excluding carboxylic acids is 2. The maximum atomic E-state index is 11.8. The fourth-order valence-corrected chi connectivity index (χ4v) is 6.57. The van der Waals surface area contributed by atoms with Crippen molar-refractivity contribution in [2.75, 3.05) is 10.6 Å². The fourth-order valence-electron chi connectivity index (χ4n) is 6.57. The summed E-state index contributed by atoms with van der Waals surface area (Å²) < 4.78 is 3.47. The molecule has 2 saturated carbocycles. The van der Waals surface area contributed by atoms with Crippen LogP contribution in [-0.2, 0) is 0 Å². The molecule has 2 aliphatic carbocycles. The summed E-state index contributed by atoms with van der Waals surface area (Å²) in [6, 6.07) is 7.97. The zero-order valence-corrected chi connectivity index (χ0v) is 26.5. The lowest BCUT2D eigenvalue weighted by molar-refractivity contribution is 0.0992. The van der Waals surface area contributed by atoms with Gasteiger partial charge in [0.1, 0.15) is 0 Å². The molecule has 0 saturated heterocycles. The zero-order valence-electron chi connectivity index (χ0n) is 26.5. The van der Waals surface area contributed by atoms with Crippen LogP contribution in [0.1, 0.15) is 87.9 Å². The Bertz CT molecular complexity index is 1590. The average molecular weight is 603 g/mol. The minimum atomic E-state index is -0.481. The summed E-state index contributed by atoms with van der Waals surface area (Å²) in [5.41, 5.74) is 27.2. The van der Waals surface area contributed by atoms with Crippen molar-refractivity contribution in [1.29, 1.82) is 0 Å². The molecule has 6 rings (SSSR count). The third-order valence-electron chi connectivity index (χ3n) is 10.9. The lowest BCUT2D eigenvalue weighted by atomic mass is 9.75. The molecule has 0 aliphatic heterocycles. The van der Waals surface area contributed by atoms with Gasteiger partial charge in [0.25, 0.3) is 11.8 Å². The molecule has 0 radical (unpaired) electrons. The second-order valence-corrected chi connectivity index (χ2v) is 14.0. The molecule has 0 spiro atoms. The summed E-state index contributed by atoms with van der Waals surface area (Å²) in [6.45, 7) is 12.8. The van der Waals surface area contributed by atoms with Crippen molar-refractivity contribution in [1.82, 2.24) is 19.2 Å². The molecule has 4 aromatic rings.